The lowest BCUT2D eigenvalue weighted by Gasteiger charge is -2.54. The maximum atomic E-state index is 13.0. The molecule has 1 atom stereocenters. The summed E-state index contributed by atoms with van der Waals surface area (Å²) in [6, 6.07) is 9.46. The van der Waals surface area contributed by atoms with E-state index in [0.29, 0.717) is 17.0 Å². The van der Waals surface area contributed by atoms with Crippen LogP contribution in [0.4, 0.5) is 5.69 Å². The Morgan fingerprint density at radius 3 is 2.29 bits per heavy atom. The molecule has 150 valence electrons. The fraction of sp³-hybridized carbons (Fsp3) is 0.591. The highest BCUT2D eigenvalue weighted by atomic mass is 32.2. The summed E-state index contributed by atoms with van der Waals surface area (Å²) in [5, 5.41) is 4.93. The molecule has 0 radical (unpaired) electrons. The van der Waals surface area contributed by atoms with Gasteiger partial charge in [-0.2, -0.15) is 8.42 Å². The first-order chi connectivity index (χ1) is 13.4. The molecule has 1 unspecified atom stereocenters. The van der Waals surface area contributed by atoms with Crippen molar-refractivity contribution in [1.82, 2.24) is 8.90 Å². The lowest BCUT2D eigenvalue weighted by molar-refractivity contribution is 0.000115. The van der Waals surface area contributed by atoms with Crippen LogP contribution in [0.1, 0.15) is 51.4 Å². The lowest BCUT2D eigenvalue weighted by Crippen LogP contribution is -2.57. The molecule has 2 heterocycles. The highest BCUT2D eigenvalue weighted by molar-refractivity contribution is 7.90. The van der Waals surface area contributed by atoms with Crippen LogP contribution in [0.2, 0.25) is 0 Å². The van der Waals surface area contributed by atoms with Crippen LogP contribution in [0.15, 0.2) is 47.3 Å². The van der Waals surface area contributed by atoms with Crippen molar-refractivity contribution in [2.45, 2.75) is 51.4 Å². The number of nitrogens with zero attached hydrogens (tertiary/aromatic N) is 3. The number of likely N-dealkylation sites (tertiary alicyclic amines) is 1. The van der Waals surface area contributed by atoms with Gasteiger partial charge in [0.25, 0.3) is 0 Å². The third-order valence-corrected chi connectivity index (χ3v) is 8.66. The number of quaternary nitrogens is 1. The van der Waals surface area contributed by atoms with Crippen LogP contribution in [0, 0.1) is 11.3 Å². The number of hydrogen-bond donors (Lipinski definition) is 0. The predicted octanol–water partition coefficient (Wildman–Crippen LogP) is 4.23. The van der Waals surface area contributed by atoms with Crippen molar-refractivity contribution >= 4 is 21.4 Å². The fourth-order valence-corrected chi connectivity index (χ4v) is 6.41. The molecule has 4 aliphatic rings. The zero-order valence-electron chi connectivity index (χ0n) is 16.7. The molecule has 5 nitrogen and oxygen atoms in total. The molecule has 1 spiro atoms. The van der Waals surface area contributed by atoms with Gasteiger partial charge < -0.3 is 4.90 Å². The van der Waals surface area contributed by atoms with E-state index < -0.39 is 14.0 Å². The quantitative estimate of drug-likeness (QED) is 0.711. The van der Waals surface area contributed by atoms with E-state index in [2.05, 4.69) is 4.90 Å². The Hall–Kier alpha value is -1.66. The Morgan fingerprint density at radius 1 is 1.04 bits per heavy atom. The summed E-state index contributed by atoms with van der Waals surface area (Å²) in [5.74, 6) is 0.402. The van der Waals surface area contributed by atoms with Crippen LogP contribution in [0.3, 0.4) is 0 Å². The number of hydrogen-bond acceptors (Lipinski definition) is 4. The van der Waals surface area contributed by atoms with Crippen molar-refractivity contribution in [1.29, 1.82) is 0 Å². The maximum absolute atomic E-state index is 13.0. The molecule has 2 saturated carbocycles. The van der Waals surface area contributed by atoms with E-state index in [1.807, 2.05) is 36.5 Å². The maximum Gasteiger partial charge on any atom is 0.328 e. The molecule has 1 saturated heterocycles. The summed E-state index contributed by atoms with van der Waals surface area (Å²) in [4.78, 5) is 2.41. The minimum atomic E-state index is -3.50. The highest BCUT2D eigenvalue weighted by Gasteiger charge is 2.53. The van der Waals surface area contributed by atoms with Gasteiger partial charge >= 0.3 is 10.0 Å². The monoisotopic (exact) mass is 400 g/mol. The van der Waals surface area contributed by atoms with Gasteiger partial charge in [0.2, 0.25) is 0 Å². The van der Waals surface area contributed by atoms with Crippen molar-refractivity contribution in [2.24, 2.45) is 16.4 Å². The van der Waals surface area contributed by atoms with Gasteiger partial charge in [-0.15, -0.1) is 0 Å². The van der Waals surface area contributed by atoms with Crippen LogP contribution in [0.5, 0.6) is 0 Å². The molecule has 1 aromatic carbocycles. The second kappa shape index (κ2) is 6.42. The molecule has 2 aliphatic carbocycles. The van der Waals surface area contributed by atoms with E-state index in [1.54, 1.807) is 0 Å². The summed E-state index contributed by atoms with van der Waals surface area (Å²) >= 11 is 0. The zero-order valence-corrected chi connectivity index (χ0v) is 17.5. The minimum absolute atomic E-state index is 0.402. The fourth-order valence-electron chi connectivity index (χ4n) is 5.38. The normalized spacial score (nSPS) is 29.8. The molecule has 0 aromatic heterocycles. The van der Waals surface area contributed by atoms with E-state index in [0.717, 1.165) is 37.3 Å². The van der Waals surface area contributed by atoms with Crippen LogP contribution < -0.4 is 4.00 Å². The van der Waals surface area contributed by atoms with E-state index >= 15 is 0 Å². The Morgan fingerprint density at radius 2 is 1.71 bits per heavy atom. The third kappa shape index (κ3) is 2.76. The van der Waals surface area contributed by atoms with Gasteiger partial charge in [-0.1, -0.05) is 49.0 Å². The van der Waals surface area contributed by atoms with Gasteiger partial charge in [0.15, 0.2) is 11.9 Å². The summed E-state index contributed by atoms with van der Waals surface area (Å²) in [6.07, 6.45) is 13.3. The average Bonchev–Trinajstić information content (AvgIpc) is 3.01. The smallest absolute Gasteiger partial charge is 0.328 e. The Labute approximate surface area is 168 Å². The van der Waals surface area contributed by atoms with Crippen LogP contribution >= 0.6 is 0 Å². The Bertz CT molecular complexity index is 920. The largest absolute Gasteiger partial charge is 0.364 e. The number of benzene rings is 1. The topological polar surface area (TPSA) is 49.7 Å². The van der Waals surface area contributed by atoms with Crippen molar-refractivity contribution < 1.29 is 8.42 Å². The second-order valence-electron chi connectivity index (χ2n) is 9.24. The van der Waals surface area contributed by atoms with Crippen molar-refractivity contribution in [3.63, 3.8) is 0 Å². The molecular formula is C22H30N3O2S+. The average molecular weight is 401 g/mol. The van der Waals surface area contributed by atoms with Gasteiger partial charge in [0.05, 0.1) is 6.26 Å². The first kappa shape index (κ1) is 18.4. The van der Waals surface area contributed by atoms with Crippen molar-refractivity contribution in [2.75, 3.05) is 19.3 Å². The summed E-state index contributed by atoms with van der Waals surface area (Å²) in [7, 11) is -3.50. The predicted molar refractivity (Wildman–Crippen MR) is 113 cm³/mol. The van der Waals surface area contributed by atoms with E-state index in [4.69, 9.17) is 5.10 Å². The number of para-hydroxylation sites is 1. The summed E-state index contributed by atoms with van der Waals surface area (Å²) in [5.41, 5.74) is 3.26. The number of allylic oxidation sites excluding steroid dienone is 1. The molecule has 1 aromatic rings. The van der Waals surface area contributed by atoms with Crippen LogP contribution in [-0.2, 0) is 10.0 Å². The van der Waals surface area contributed by atoms with Gasteiger partial charge in [0.1, 0.15) is 11.4 Å². The molecule has 0 amide bonds. The second-order valence-corrected chi connectivity index (χ2v) is 11.3. The first-order valence-corrected chi connectivity index (χ1v) is 12.5. The molecule has 5 rings (SSSR count). The van der Waals surface area contributed by atoms with Gasteiger partial charge in [-0.3, -0.25) is 0 Å². The molecule has 28 heavy (non-hydrogen) atoms. The highest BCUT2D eigenvalue weighted by Crippen LogP contribution is 2.48. The number of rotatable bonds is 4. The SMILES string of the molecule is CS(=O)(=O)[N+]1(c2ccccc2)C=C(N2CC3(CCCCC3)C2)C(C2CCC2)=N1. The lowest BCUT2D eigenvalue weighted by atomic mass is 9.68. The molecular weight excluding hydrogens is 370 g/mol. The minimum Gasteiger partial charge on any atom is -0.364 e. The van der Waals surface area contributed by atoms with E-state index in [-0.39, 0.29) is 0 Å². The summed E-state index contributed by atoms with van der Waals surface area (Å²) < 4.78 is 25.6. The molecule has 3 fully saturated rings. The zero-order chi connectivity index (χ0) is 19.4. The van der Waals surface area contributed by atoms with E-state index in [1.165, 1.54) is 44.8 Å². The molecule has 0 N–H and O–H groups in total. The Balaban J connectivity index is 1.55. The van der Waals surface area contributed by atoms with Gasteiger partial charge in [-0.25, -0.2) is 0 Å². The number of sulfonamides is 1. The van der Waals surface area contributed by atoms with Gasteiger partial charge in [0, 0.05) is 36.6 Å². The first-order valence-electron chi connectivity index (χ1n) is 10.7. The van der Waals surface area contributed by atoms with Gasteiger partial charge in [-0.05, 0) is 29.7 Å². The standard InChI is InChI=1S/C22H30N3O2S/c1-28(26,27)25(19-11-4-2-5-12-19)15-20(21(23-25)18-9-8-10-18)24-16-22(17-24)13-6-3-7-14-22/h2,4-5,11-12,15,18H,3,6-10,13-14,16-17H2,1H3/q+1. The van der Waals surface area contributed by atoms with Crippen molar-refractivity contribution in [3.05, 3.63) is 42.2 Å². The molecule has 2 aliphatic heterocycles. The molecule has 6 heteroatoms. The van der Waals surface area contributed by atoms with Crippen LogP contribution in [-0.4, -0.2) is 38.4 Å². The van der Waals surface area contributed by atoms with Crippen LogP contribution in [0.25, 0.3) is 0 Å². The third-order valence-electron chi connectivity index (χ3n) is 7.25. The molecule has 0 bridgehead atoms. The summed E-state index contributed by atoms with van der Waals surface area (Å²) in [6.45, 7) is 2.12. The van der Waals surface area contributed by atoms with E-state index in [9.17, 15) is 8.42 Å². The van der Waals surface area contributed by atoms with Crippen molar-refractivity contribution in [3.8, 4) is 0 Å². The Kier molecular flexibility index (Phi) is 4.22.